The van der Waals surface area contributed by atoms with E-state index in [-0.39, 0.29) is 17.8 Å². The number of benzene rings is 1. The topological polar surface area (TPSA) is 35.5 Å². The van der Waals surface area contributed by atoms with Crippen molar-refractivity contribution in [3.63, 3.8) is 0 Å². The van der Waals surface area contributed by atoms with Gasteiger partial charge in [0.2, 0.25) is 0 Å². The second-order valence-electron chi connectivity index (χ2n) is 5.06. The average molecular weight is 262 g/mol. The predicted octanol–water partition coefficient (Wildman–Crippen LogP) is 3.33. The number of Topliss-reactive ketones (excluding diaryl/α,β-unsaturated/α-hetero) is 1. The van der Waals surface area contributed by atoms with Crippen molar-refractivity contribution in [2.45, 2.75) is 44.6 Å². The molecule has 2 rings (SSSR count). The highest BCUT2D eigenvalue weighted by atomic mass is 16.5. The summed E-state index contributed by atoms with van der Waals surface area (Å²) in [6, 6.07) is 8.02. The number of fused-ring (bicyclic) bond motifs is 1. The molecule has 3 heteroatoms. The fourth-order valence-electron chi connectivity index (χ4n) is 2.67. The van der Waals surface area contributed by atoms with Crippen LogP contribution in [0.3, 0.4) is 0 Å². The number of para-hydroxylation sites is 1. The zero-order valence-corrected chi connectivity index (χ0v) is 11.7. The summed E-state index contributed by atoms with van der Waals surface area (Å²) < 4.78 is 10.9. The monoisotopic (exact) mass is 262 g/mol. The van der Waals surface area contributed by atoms with Crippen LogP contribution in [0.15, 0.2) is 24.3 Å². The third-order valence-electron chi connectivity index (χ3n) is 3.72. The minimum absolute atomic E-state index is 0.214. The van der Waals surface area contributed by atoms with Gasteiger partial charge in [-0.05, 0) is 30.4 Å². The summed E-state index contributed by atoms with van der Waals surface area (Å²) in [6.45, 7) is 2.77. The fourth-order valence-corrected chi connectivity index (χ4v) is 2.67. The lowest BCUT2D eigenvalue weighted by Crippen LogP contribution is -2.26. The summed E-state index contributed by atoms with van der Waals surface area (Å²) >= 11 is 0. The number of carbonyl (C=O) groups is 1. The van der Waals surface area contributed by atoms with E-state index in [0.717, 1.165) is 30.6 Å². The molecule has 2 atom stereocenters. The number of ketones is 1. The zero-order chi connectivity index (χ0) is 13.7. The molecule has 1 aromatic rings. The Hall–Kier alpha value is -1.35. The Morgan fingerprint density at radius 3 is 3.00 bits per heavy atom. The van der Waals surface area contributed by atoms with Gasteiger partial charge >= 0.3 is 0 Å². The molecule has 3 nitrogen and oxygen atoms in total. The van der Waals surface area contributed by atoms with E-state index in [0.29, 0.717) is 13.0 Å². The van der Waals surface area contributed by atoms with Gasteiger partial charge in [0.15, 0.2) is 5.78 Å². The van der Waals surface area contributed by atoms with E-state index in [1.165, 1.54) is 0 Å². The van der Waals surface area contributed by atoms with Gasteiger partial charge in [-0.15, -0.1) is 0 Å². The lowest BCUT2D eigenvalue weighted by atomic mass is 9.87. The van der Waals surface area contributed by atoms with Crippen LogP contribution in [-0.4, -0.2) is 25.6 Å². The Morgan fingerprint density at radius 1 is 1.47 bits per heavy atom. The van der Waals surface area contributed by atoms with Crippen molar-refractivity contribution in [1.29, 1.82) is 0 Å². The molecule has 0 aromatic heterocycles. The minimum Gasteiger partial charge on any atom is -0.493 e. The maximum absolute atomic E-state index is 12.3. The Labute approximate surface area is 114 Å². The first-order valence-corrected chi connectivity index (χ1v) is 7.03. The molecule has 0 amide bonds. The van der Waals surface area contributed by atoms with Crippen molar-refractivity contribution in [2.75, 3.05) is 13.7 Å². The molecule has 0 N–H and O–H groups in total. The predicted molar refractivity (Wildman–Crippen MR) is 74.6 cm³/mol. The summed E-state index contributed by atoms with van der Waals surface area (Å²) in [5, 5.41) is 0. The molecule has 1 aromatic carbocycles. The molecule has 0 aliphatic carbocycles. The number of rotatable bonds is 6. The van der Waals surface area contributed by atoms with E-state index in [4.69, 9.17) is 9.47 Å². The van der Waals surface area contributed by atoms with E-state index >= 15 is 0 Å². The normalized spacial score (nSPS) is 19.4. The quantitative estimate of drug-likeness (QED) is 0.789. The van der Waals surface area contributed by atoms with E-state index in [1.807, 2.05) is 18.2 Å². The van der Waals surface area contributed by atoms with E-state index in [9.17, 15) is 4.79 Å². The molecule has 0 radical (unpaired) electrons. The lowest BCUT2D eigenvalue weighted by Gasteiger charge is -2.26. The van der Waals surface area contributed by atoms with Crippen molar-refractivity contribution < 1.29 is 14.3 Å². The number of hydrogen-bond donors (Lipinski definition) is 0. The van der Waals surface area contributed by atoms with Crippen LogP contribution in [0.1, 0.15) is 44.1 Å². The molecule has 0 spiro atoms. The average Bonchev–Trinajstić information content (AvgIpc) is 2.45. The van der Waals surface area contributed by atoms with Crippen LogP contribution in [0.25, 0.3) is 0 Å². The number of carbonyl (C=O) groups excluding carboxylic acids is 1. The fraction of sp³-hybridized carbons (Fsp3) is 0.562. The second-order valence-corrected chi connectivity index (χ2v) is 5.06. The van der Waals surface area contributed by atoms with Crippen LogP contribution in [0.2, 0.25) is 0 Å². The summed E-state index contributed by atoms with van der Waals surface area (Å²) in [7, 11) is 1.62. The van der Waals surface area contributed by atoms with Crippen molar-refractivity contribution in [2.24, 2.45) is 0 Å². The largest absolute Gasteiger partial charge is 0.493 e. The van der Waals surface area contributed by atoms with Crippen LogP contribution in [0.4, 0.5) is 0 Å². The van der Waals surface area contributed by atoms with Gasteiger partial charge in [0.05, 0.1) is 6.61 Å². The van der Waals surface area contributed by atoms with Gasteiger partial charge in [-0.3, -0.25) is 4.79 Å². The smallest absolute Gasteiger partial charge is 0.162 e. The summed E-state index contributed by atoms with van der Waals surface area (Å²) in [6.07, 6.45) is 2.99. The molecule has 1 aliphatic rings. The highest BCUT2D eigenvalue weighted by molar-refractivity contribution is 5.84. The molecular weight excluding hydrogens is 240 g/mol. The van der Waals surface area contributed by atoms with E-state index in [1.54, 1.807) is 7.11 Å². The molecule has 104 valence electrons. The van der Waals surface area contributed by atoms with Gasteiger partial charge in [0, 0.05) is 13.5 Å². The van der Waals surface area contributed by atoms with E-state index in [2.05, 4.69) is 13.0 Å². The first kappa shape index (κ1) is 14.1. The third kappa shape index (κ3) is 3.35. The number of methoxy groups -OCH3 is 1. The molecule has 2 unspecified atom stereocenters. The summed E-state index contributed by atoms with van der Waals surface area (Å²) in [5.74, 6) is 1.41. The van der Waals surface area contributed by atoms with Gasteiger partial charge in [0.1, 0.15) is 11.9 Å². The van der Waals surface area contributed by atoms with Crippen LogP contribution >= 0.6 is 0 Å². The molecular formula is C16H22O3. The van der Waals surface area contributed by atoms with Crippen molar-refractivity contribution in [3.8, 4) is 5.75 Å². The SMILES string of the molecule is CCCC(OC)C(=O)CC1CCOc2ccccc21. The Balaban J connectivity index is 2.06. The Morgan fingerprint density at radius 2 is 2.26 bits per heavy atom. The maximum Gasteiger partial charge on any atom is 0.162 e. The lowest BCUT2D eigenvalue weighted by molar-refractivity contribution is -0.129. The first-order chi connectivity index (χ1) is 9.26. The van der Waals surface area contributed by atoms with Crippen molar-refractivity contribution >= 4 is 5.78 Å². The molecule has 0 saturated heterocycles. The van der Waals surface area contributed by atoms with Crippen molar-refractivity contribution in [1.82, 2.24) is 0 Å². The number of hydrogen-bond acceptors (Lipinski definition) is 3. The third-order valence-corrected chi connectivity index (χ3v) is 3.72. The Kier molecular flexibility index (Phi) is 4.97. The molecule has 19 heavy (non-hydrogen) atoms. The van der Waals surface area contributed by atoms with Gasteiger partial charge in [-0.2, -0.15) is 0 Å². The minimum atomic E-state index is -0.250. The van der Waals surface area contributed by atoms with Gasteiger partial charge in [0.25, 0.3) is 0 Å². The number of ether oxygens (including phenoxy) is 2. The highest BCUT2D eigenvalue weighted by Gasteiger charge is 2.26. The molecule has 0 bridgehead atoms. The molecule has 0 fully saturated rings. The molecule has 1 aliphatic heterocycles. The van der Waals surface area contributed by atoms with E-state index < -0.39 is 0 Å². The highest BCUT2D eigenvalue weighted by Crippen LogP contribution is 2.35. The zero-order valence-electron chi connectivity index (χ0n) is 11.7. The van der Waals surface area contributed by atoms with Crippen LogP contribution in [0.5, 0.6) is 5.75 Å². The van der Waals surface area contributed by atoms with Gasteiger partial charge in [-0.1, -0.05) is 31.5 Å². The van der Waals surface area contributed by atoms with Gasteiger partial charge in [-0.25, -0.2) is 0 Å². The Bertz CT molecular complexity index is 428. The summed E-state index contributed by atoms with van der Waals surface area (Å²) in [4.78, 5) is 12.3. The van der Waals surface area contributed by atoms with Gasteiger partial charge < -0.3 is 9.47 Å². The standard InChI is InChI=1S/C16H22O3/c1-3-6-16(18-2)14(17)11-12-9-10-19-15-8-5-4-7-13(12)15/h4-5,7-8,12,16H,3,6,9-11H2,1-2H3. The van der Waals surface area contributed by atoms with Crippen LogP contribution in [-0.2, 0) is 9.53 Å². The molecule has 1 heterocycles. The maximum atomic E-state index is 12.3. The molecule has 0 saturated carbocycles. The first-order valence-electron chi connectivity index (χ1n) is 7.03. The van der Waals surface area contributed by atoms with Crippen molar-refractivity contribution in [3.05, 3.63) is 29.8 Å². The van der Waals surface area contributed by atoms with Crippen LogP contribution < -0.4 is 4.74 Å². The summed E-state index contributed by atoms with van der Waals surface area (Å²) in [5.41, 5.74) is 1.16. The second kappa shape index (κ2) is 6.71. The van der Waals surface area contributed by atoms with Crippen LogP contribution in [0, 0.1) is 0 Å².